The van der Waals surface area contributed by atoms with Crippen molar-refractivity contribution in [3.05, 3.63) is 63.7 Å². The predicted octanol–water partition coefficient (Wildman–Crippen LogP) is 2.39. The van der Waals surface area contributed by atoms with Crippen molar-refractivity contribution in [2.24, 2.45) is 5.10 Å². The zero-order valence-electron chi connectivity index (χ0n) is 13.5. The van der Waals surface area contributed by atoms with E-state index < -0.39 is 4.92 Å². The highest BCUT2D eigenvalue weighted by atomic mass is 16.6. The van der Waals surface area contributed by atoms with Gasteiger partial charge in [-0.3, -0.25) is 14.9 Å². The molecular weight excluding hydrogens is 326 g/mol. The van der Waals surface area contributed by atoms with Crippen molar-refractivity contribution in [1.82, 2.24) is 5.43 Å². The second-order valence-electron chi connectivity index (χ2n) is 5.03. The third-order valence-electron chi connectivity index (χ3n) is 3.20. The number of aromatic hydroxyl groups is 1. The Hall–Kier alpha value is -3.42. The number of carbonyl (C=O) groups excluding carboxylic acids is 1. The minimum Gasteiger partial charge on any atom is -0.504 e. The molecule has 2 rings (SSSR count). The molecule has 2 N–H and O–H groups in total. The van der Waals surface area contributed by atoms with Gasteiger partial charge in [0.1, 0.15) is 0 Å². The number of phenolic OH excluding ortho intramolecular Hbond substituents is 1. The number of carbonyl (C=O) groups is 1. The number of benzene rings is 2. The standard InChI is InChI=1S/C17H17N3O5/c1-2-25-15-10-14(20(23)24)9-13(17(15)22)11-18-19-16(21)8-12-6-4-3-5-7-12/h3-7,9-11,22H,2,8H2,1H3,(H,19,21). The molecule has 0 aliphatic heterocycles. The number of hydrazone groups is 1. The molecule has 25 heavy (non-hydrogen) atoms. The fourth-order valence-electron chi connectivity index (χ4n) is 2.08. The number of phenols is 1. The van der Waals surface area contributed by atoms with Crippen LogP contribution in [0.25, 0.3) is 0 Å². The molecule has 130 valence electrons. The lowest BCUT2D eigenvalue weighted by Gasteiger charge is -2.08. The molecule has 0 atom stereocenters. The monoisotopic (exact) mass is 343 g/mol. The van der Waals surface area contributed by atoms with Gasteiger partial charge < -0.3 is 9.84 Å². The Labute approximate surface area is 143 Å². The molecule has 0 saturated heterocycles. The van der Waals surface area contributed by atoms with E-state index in [0.29, 0.717) is 0 Å². The number of ether oxygens (including phenoxy) is 1. The molecule has 0 unspecified atom stereocenters. The van der Waals surface area contributed by atoms with Gasteiger partial charge in [-0.25, -0.2) is 5.43 Å². The second-order valence-corrected chi connectivity index (χ2v) is 5.03. The number of nitrogens with one attached hydrogen (secondary N) is 1. The maximum absolute atomic E-state index is 11.8. The number of amides is 1. The van der Waals surface area contributed by atoms with Crippen molar-refractivity contribution in [2.45, 2.75) is 13.3 Å². The van der Waals surface area contributed by atoms with Crippen molar-refractivity contribution in [3.63, 3.8) is 0 Å². The molecular formula is C17H17N3O5. The number of non-ortho nitro benzene ring substituents is 1. The molecule has 0 radical (unpaired) electrons. The minimum atomic E-state index is -0.604. The highest BCUT2D eigenvalue weighted by Gasteiger charge is 2.16. The van der Waals surface area contributed by atoms with Crippen LogP contribution in [0, 0.1) is 10.1 Å². The average molecular weight is 343 g/mol. The zero-order valence-corrected chi connectivity index (χ0v) is 13.5. The van der Waals surface area contributed by atoms with Crippen LogP contribution < -0.4 is 10.2 Å². The summed E-state index contributed by atoms with van der Waals surface area (Å²) in [5.41, 5.74) is 2.96. The smallest absolute Gasteiger partial charge is 0.274 e. The maximum Gasteiger partial charge on any atom is 0.274 e. The topological polar surface area (TPSA) is 114 Å². The third-order valence-corrected chi connectivity index (χ3v) is 3.20. The van der Waals surface area contributed by atoms with Crippen LogP contribution in [-0.2, 0) is 11.2 Å². The van der Waals surface area contributed by atoms with Crippen LogP contribution in [0.5, 0.6) is 11.5 Å². The largest absolute Gasteiger partial charge is 0.504 e. The molecule has 0 saturated carbocycles. The summed E-state index contributed by atoms with van der Waals surface area (Å²) in [5, 5.41) is 24.8. The Morgan fingerprint density at radius 2 is 2.08 bits per heavy atom. The molecule has 8 heteroatoms. The highest BCUT2D eigenvalue weighted by molar-refractivity contribution is 5.87. The molecule has 0 fully saturated rings. The summed E-state index contributed by atoms with van der Waals surface area (Å²) in [6.45, 7) is 1.93. The Bertz CT molecular complexity index is 790. The lowest BCUT2D eigenvalue weighted by atomic mass is 10.1. The van der Waals surface area contributed by atoms with E-state index >= 15 is 0 Å². The lowest BCUT2D eigenvalue weighted by Crippen LogP contribution is -2.19. The Morgan fingerprint density at radius 3 is 2.72 bits per heavy atom. The van der Waals surface area contributed by atoms with Gasteiger partial charge in [-0.05, 0) is 12.5 Å². The Kier molecular flexibility index (Phi) is 6.05. The van der Waals surface area contributed by atoms with Gasteiger partial charge in [0, 0.05) is 11.6 Å². The summed E-state index contributed by atoms with van der Waals surface area (Å²) in [6.07, 6.45) is 1.27. The number of nitro benzene ring substituents is 1. The first kappa shape index (κ1) is 17.9. The quantitative estimate of drug-likeness (QED) is 0.455. The van der Waals surface area contributed by atoms with Crippen molar-refractivity contribution >= 4 is 17.8 Å². The van der Waals surface area contributed by atoms with Gasteiger partial charge in [-0.1, -0.05) is 30.3 Å². The van der Waals surface area contributed by atoms with E-state index in [1.807, 2.05) is 30.3 Å². The van der Waals surface area contributed by atoms with Crippen LogP contribution in [-0.4, -0.2) is 28.8 Å². The normalized spacial score (nSPS) is 10.6. The van der Waals surface area contributed by atoms with E-state index in [2.05, 4.69) is 10.5 Å². The number of hydrogen-bond donors (Lipinski definition) is 2. The van der Waals surface area contributed by atoms with Gasteiger partial charge in [0.25, 0.3) is 5.69 Å². The first-order valence-electron chi connectivity index (χ1n) is 7.51. The summed E-state index contributed by atoms with van der Waals surface area (Å²) in [5.74, 6) is -0.653. The SMILES string of the molecule is CCOc1cc([N+](=O)[O-])cc(C=NNC(=O)Cc2ccccc2)c1O. The van der Waals surface area contributed by atoms with E-state index in [9.17, 15) is 20.0 Å². The fourth-order valence-corrected chi connectivity index (χ4v) is 2.08. The van der Waals surface area contributed by atoms with E-state index in [1.165, 1.54) is 0 Å². The number of hydrogen-bond acceptors (Lipinski definition) is 6. The van der Waals surface area contributed by atoms with Crippen molar-refractivity contribution in [2.75, 3.05) is 6.61 Å². The van der Waals surface area contributed by atoms with E-state index in [-0.39, 0.29) is 41.7 Å². The maximum atomic E-state index is 11.8. The Morgan fingerprint density at radius 1 is 1.36 bits per heavy atom. The van der Waals surface area contributed by atoms with Gasteiger partial charge in [-0.15, -0.1) is 0 Å². The van der Waals surface area contributed by atoms with Crippen LogP contribution >= 0.6 is 0 Å². The van der Waals surface area contributed by atoms with Crippen molar-refractivity contribution in [3.8, 4) is 11.5 Å². The molecule has 2 aromatic rings. The lowest BCUT2D eigenvalue weighted by molar-refractivity contribution is -0.385. The number of rotatable bonds is 7. The second kappa shape index (κ2) is 8.44. The molecule has 0 aromatic heterocycles. The van der Waals surface area contributed by atoms with Crippen LogP contribution in [0.1, 0.15) is 18.1 Å². The summed E-state index contributed by atoms with van der Waals surface area (Å²) in [7, 11) is 0. The van der Waals surface area contributed by atoms with Gasteiger partial charge in [0.2, 0.25) is 5.91 Å². The highest BCUT2D eigenvalue weighted by Crippen LogP contribution is 2.33. The molecule has 0 aliphatic rings. The predicted molar refractivity (Wildman–Crippen MR) is 91.8 cm³/mol. The molecule has 2 aromatic carbocycles. The third kappa shape index (κ3) is 5.03. The number of nitrogens with zero attached hydrogens (tertiary/aromatic N) is 2. The molecule has 8 nitrogen and oxygen atoms in total. The van der Waals surface area contributed by atoms with E-state index in [1.54, 1.807) is 6.92 Å². The fraction of sp³-hybridized carbons (Fsp3) is 0.176. The summed E-state index contributed by atoms with van der Waals surface area (Å²) in [4.78, 5) is 22.2. The van der Waals surface area contributed by atoms with E-state index in [4.69, 9.17) is 4.74 Å². The molecule has 0 bridgehead atoms. The van der Waals surface area contributed by atoms with Gasteiger partial charge in [-0.2, -0.15) is 5.10 Å². The van der Waals surface area contributed by atoms with Crippen LogP contribution in [0.3, 0.4) is 0 Å². The molecule has 1 amide bonds. The van der Waals surface area contributed by atoms with Gasteiger partial charge in [0.05, 0.1) is 30.2 Å². The van der Waals surface area contributed by atoms with Gasteiger partial charge >= 0.3 is 0 Å². The van der Waals surface area contributed by atoms with Crippen molar-refractivity contribution in [1.29, 1.82) is 0 Å². The van der Waals surface area contributed by atoms with Gasteiger partial charge in [0.15, 0.2) is 11.5 Å². The summed E-state index contributed by atoms with van der Waals surface area (Å²) in [6, 6.07) is 11.4. The average Bonchev–Trinajstić information content (AvgIpc) is 2.58. The van der Waals surface area contributed by atoms with E-state index in [0.717, 1.165) is 23.9 Å². The van der Waals surface area contributed by atoms with Crippen LogP contribution in [0.4, 0.5) is 5.69 Å². The molecule has 0 heterocycles. The summed E-state index contributed by atoms with van der Waals surface area (Å²) >= 11 is 0. The van der Waals surface area contributed by atoms with Crippen LogP contribution in [0.15, 0.2) is 47.6 Å². The zero-order chi connectivity index (χ0) is 18.2. The molecule has 0 spiro atoms. The first-order chi connectivity index (χ1) is 12.0. The number of nitro groups is 1. The van der Waals surface area contributed by atoms with Crippen LogP contribution in [0.2, 0.25) is 0 Å². The summed E-state index contributed by atoms with van der Waals surface area (Å²) < 4.78 is 5.17. The van der Waals surface area contributed by atoms with Crippen molar-refractivity contribution < 1.29 is 19.6 Å². The first-order valence-corrected chi connectivity index (χ1v) is 7.51. The Balaban J connectivity index is 2.11. The minimum absolute atomic E-state index is 0.0197. The molecule has 0 aliphatic carbocycles.